The quantitative estimate of drug-likeness (QED) is 0.620. The van der Waals surface area contributed by atoms with Crippen LogP contribution >= 0.6 is 0 Å². The van der Waals surface area contributed by atoms with Gasteiger partial charge < -0.3 is 10.6 Å². The Labute approximate surface area is 110 Å². The smallest absolute Gasteiger partial charge is 0.191 e. The number of aromatic nitrogens is 1. The molecule has 0 aliphatic heterocycles. The lowest BCUT2D eigenvalue weighted by molar-refractivity contribution is 0.624. The number of rotatable bonds is 5. The zero-order chi connectivity index (χ0) is 13.4. The molecule has 0 radical (unpaired) electrons. The number of nitrogens with one attached hydrogen (secondary N) is 2. The molecule has 1 rings (SSSR count). The lowest BCUT2D eigenvalue weighted by atomic mass is 10.2. The van der Waals surface area contributed by atoms with Gasteiger partial charge in [0.05, 0.1) is 12.2 Å². The second kappa shape index (κ2) is 7.69. The molecule has 18 heavy (non-hydrogen) atoms. The van der Waals surface area contributed by atoms with Crippen LogP contribution in [0, 0.1) is 6.92 Å². The number of pyridine rings is 1. The van der Waals surface area contributed by atoms with E-state index in [0.717, 1.165) is 24.6 Å². The molecule has 0 aliphatic rings. The van der Waals surface area contributed by atoms with Crippen LogP contribution < -0.4 is 10.6 Å². The van der Waals surface area contributed by atoms with Crippen molar-refractivity contribution in [1.29, 1.82) is 0 Å². The molecule has 4 heteroatoms. The molecule has 0 saturated carbocycles. The Morgan fingerprint density at radius 1 is 1.44 bits per heavy atom. The van der Waals surface area contributed by atoms with E-state index in [2.05, 4.69) is 54.4 Å². The van der Waals surface area contributed by atoms with Gasteiger partial charge in [-0.15, -0.1) is 0 Å². The average Bonchev–Trinajstić information content (AvgIpc) is 2.37. The summed E-state index contributed by atoms with van der Waals surface area (Å²) < 4.78 is 0. The van der Waals surface area contributed by atoms with E-state index >= 15 is 0 Å². The largest absolute Gasteiger partial charge is 0.357 e. The molecule has 0 saturated heterocycles. The average molecular weight is 248 g/mol. The molecule has 1 atom stereocenters. The molecule has 1 aromatic heterocycles. The Morgan fingerprint density at radius 2 is 2.22 bits per heavy atom. The van der Waals surface area contributed by atoms with E-state index in [4.69, 9.17) is 0 Å². The van der Waals surface area contributed by atoms with Crippen LogP contribution in [0.1, 0.15) is 38.4 Å². The van der Waals surface area contributed by atoms with Crippen LogP contribution in [0.25, 0.3) is 0 Å². The Kier molecular flexibility index (Phi) is 6.19. The van der Waals surface area contributed by atoms with Crippen molar-refractivity contribution < 1.29 is 0 Å². The lowest BCUT2D eigenvalue weighted by Gasteiger charge is -2.16. The molecule has 0 aliphatic carbocycles. The standard InChI is InChI=1S/C14H24N4/c1-5-12(4)18-14(15-6-2)17-10-13-11(3)8-7-9-16-13/h7-9,12H,5-6,10H2,1-4H3,(H2,15,17,18). The molecule has 2 N–H and O–H groups in total. The highest BCUT2D eigenvalue weighted by Gasteiger charge is 2.03. The van der Waals surface area contributed by atoms with E-state index in [0.29, 0.717) is 12.6 Å². The number of hydrogen-bond acceptors (Lipinski definition) is 2. The third kappa shape index (κ3) is 4.73. The Hall–Kier alpha value is -1.58. The van der Waals surface area contributed by atoms with E-state index in [1.54, 1.807) is 0 Å². The first kappa shape index (κ1) is 14.5. The Morgan fingerprint density at radius 3 is 2.83 bits per heavy atom. The molecule has 100 valence electrons. The van der Waals surface area contributed by atoms with Crippen molar-refractivity contribution in [2.75, 3.05) is 6.54 Å². The summed E-state index contributed by atoms with van der Waals surface area (Å²) in [6.45, 7) is 9.91. The van der Waals surface area contributed by atoms with E-state index in [9.17, 15) is 0 Å². The zero-order valence-electron chi connectivity index (χ0n) is 11.8. The molecule has 0 aromatic carbocycles. The molecule has 1 aromatic rings. The van der Waals surface area contributed by atoms with E-state index in [1.165, 1.54) is 5.56 Å². The maximum Gasteiger partial charge on any atom is 0.191 e. The minimum Gasteiger partial charge on any atom is -0.357 e. The number of guanidine groups is 1. The molecule has 4 nitrogen and oxygen atoms in total. The normalized spacial score (nSPS) is 13.2. The first-order valence-electron chi connectivity index (χ1n) is 6.62. The number of aryl methyl sites for hydroxylation is 1. The highest BCUT2D eigenvalue weighted by atomic mass is 15.2. The molecular weight excluding hydrogens is 224 g/mol. The predicted molar refractivity (Wildman–Crippen MR) is 76.7 cm³/mol. The van der Waals surface area contributed by atoms with Gasteiger partial charge in [0.15, 0.2) is 5.96 Å². The second-order valence-corrected chi connectivity index (χ2v) is 4.42. The number of hydrogen-bond donors (Lipinski definition) is 2. The third-order valence-corrected chi connectivity index (χ3v) is 2.84. The maximum absolute atomic E-state index is 4.56. The first-order valence-corrected chi connectivity index (χ1v) is 6.62. The van der Waals surface area contributed by atoms with E-state index < -0.39 is 0 Å². The lowest BCUT2D eigenvalue weighted by Crippen LogP contribution is -2.41. The molecule has 0 bridgehead atoms. The van der Waals surface area contributed by atoms with Gasteiger partial charge in [-0.1, -0.05) is 13.0 Å². The third-order valence-electron chi connectivity index (χ3n) is 2.84. The molecule has 0 fully saturated rings. The van der Waals surface area contributed by atoms with Crippen molar-refractivity contribution >= 4 is 5.96 Å². The van der Waals surface area contributed by atoms with Gasteiger partial charge in [-0.25, -0.2) is 4.99 Å². The maximum atomic E-state index is 4.56. The van der Waals surface area contributed by atoms with Crippen LogP contribution in [-0.2, 0) is 6.54 Å². The van der Waals surface area contributed by atoms with Crippen molar-refractivity contribution in [2.24, 2.45) is 4.99 Å². The Bertz CT molecular complexity index is 387. The monoisotopic (exact) mass is 248 g/mol. The minimum absolute atomic E-state index is 0.424. The van der Waals surface area contributed by atoms with Gasteiger partial charge in [0.25, 0.3) is 0 Å². The van der Waals surface area contributed by atoms with Crippen LogP contribution in [0.3, 0.4) is 0 Å². The van der Waals surface area contributed by atoms with Crippen LogP contribution in [0.5, 0.6) is 0 Å². The summed E-state index contributed by atoms with van der Waals surface area (Å²) in [5, 5.41) is 6.62. The number of nitrogens with zero attached hydrogens (tertiary/aromatic N) is 2. The fourth-order valence-electron chi connectivity index (χ4n) is 1.49. The minimum atomic E-state index is 0.424. The summed E-state index contributed by atoms with van der Waals surface area (Å²) in [5.74, 6) is 0.858. The van der Waals surface area contributed by atoms with Gasteiger partial charge in [0, 0.05) is 18.8 Å². The van der Waals surface area contributed by atoms with Crippen molar-refractivity contribution in [1.82, 2.24) is 15.6 Å². The van der Waals surface area contributed by atoms with Crippen molar-refractivity contribution in [3.63, 3.8) is 0 Å². The highest BCUT2D eigenvalue weighted by molar-refractivity contribution is 5.80. The van der Waals surface area contributed by atoms with Crippen molar-refractivity contribution in [2.45, 2.75) is 46.7 Å². The van der Waals surface area contributed by atoms with Gasteiger partial charge in [0.2, 0.25) is 0 Å². The highest BCUT2D eigenvalue weighted by Crippen LogP contribution is 2.04. The van der Waals surface area contributed by atoms with Crippen LogP contribution in [-0.4, -0.2) is 23.5 Å². The summed E-state index contributed by atoms with van der Waals surface area (Å²) in [4.78, 5) is 8.91. The van der Waals surface area contributed by atoms with Crippen LogP contribution in [0.15, 0.2) is 23.3 Å². The van der Waals surface area contributed by atoms with Crippen LogP contribution in [0.2, 0.25) is 0 Å². The second-order valence-electron chi connectivity index (χ2n) is 4.42. The van der Waals surface area contributed by atoms with Gasteiger partial charge in [-0.2, -0.15) is 0 Å². The summed E-state index contributed by atoms with van der Waals surface area (Å²) in [7, 11) is 0. The van der Waals surface area contributed by atoms with Gasteiger partial charge >= 0.3 is 0 Å². The van der Waals surface area contributed by atoms with Gasteiger partial charge in [-0.05, 0) is 38.8 Å². The van der Waals surface area contributed by atoms with Crippen LogP contribution in [0.4, 0.5) is 0 Å². The van der Waals surface area contributed by atoms with E-state index in [-0.39, 0.29) is 0 Å². The first-order chi connectivity index (χ1) is 8.67. The van der Waals surface area contributed by atoms with Gasteiger partial charge in [0.1, 0.15) is 0 Å². The fraction of sp³-hybridized carbons (Fsp3) is 0.571. The van der Waals surface area contributed by atoms with Gasteiger partial charge in [-0.3, -0.25) is 4.98 Å². The summed E-state index contributed by atoms with van der Waals surface area (Å²) in [6, 6.07) is 4.44. The van der Waals surface area contributed by atoms with Crippen molar-refractivity contribution in [3.8, 4) is 0 Å². The molecule has 0 amide bonds. The summed E-state index contributed by atoms with van der Waals surface area (Å²) >= 11 is 0. The predicted octanol–water partition coefficient (Wildman–Crippen LogP) is 2.24. The summed E-state index contributed by atoms with van der Waals surface area (Å²) in [5.41, 5.74) is 2.21. The fourth-order valence-corrected chi connectivity index (χ4v) is 1.49. The Balaban J connectivity index is 2.68. The zero-order valence-corrected chi connectivity index (χ0v) is 11.8. The van der Waals surface area contributed by atoms with E-state index in [1.807, 2.05) is 12.3 Å². The molecular formula is C14H24N4. The topological polar surface area (TPSA) is 49.3 Å². The van der Waals surface area contributed by atoms with Crippen molar-refractivity contribution in [3.05, 3.63) is 29.6 Å². The summed E-state index contributed by atoms with van der Waals surface area (Å²) in [6.07, 6.45) is 2.89. The molecule has 0 spiro atoms. The SMILES string of the molecule is CCNC(=NCc1ncccc1C)NC(C)CC. The molecule has 1 unspecified atom stereocenters. The molecule has 1 heterocycles. The number of aliphatic imine (C=N–C) groups is 1.